The second kappa shape index (κ2) is 10.6. The maximum absolute atomic E-state index is 10.5. The third kappa shape index (κ3) is 4.45. The molecule has 18 heteroatoms. The Balaban J connectivity index is 1.30. The van der Waals surface area contributed by atoms with Crippen LogP contribution in [0.25, 0.3) is 22.3 Å². The average molecular weight is 595 g/mol. The maximum atomic E-state index is 10.5. The van der Waals surface area contributed by atoms with Crippen molar-refractivity contribution in [3.63, 3.8) is 0 Å². The van der Waals surface area contributed by atoms with Gasteiger partial charge in [0, 0.05) is 0 Å². The number of pyridine rings is 2. The number of fused-ring (bicyclic) bond motifs is 2. The number of aromatic nitrogens is 6. The van der Waals surface area contributed by atoms with Gasteiger partial charge in [-0.3, -0.25) is 9.13 Å². The molecule has 4 aromatic heterocycles. The standard InChI is InChI=1S/C22H26N8O8S2/c23-11-1-9(13-19(27-11)29(5-25-13)21-17(35)15(33)7(3-31)37-21)39-40-10-2-12(24)28-20-14(10)26-6-30(20)22-18(36)16(34)8(4-32)38-22/h1-2,5-8,15-18,21-22,31-36H,3-4H2,(H2,23,27)(H2,24,28)/t7-,8-,15-,16-,17-,18-,21-,22-/m1/s1. The highest BCUT2D eigenvalue weighted by atomic mass is 33.1. The summed E-state index contributed by atoms with van der Waals surface area (Å²) in [5.41, 5.74) is 13.7. The molecule has 214 valence electrons. The van der Waals surface area contributed by atoms with E-state index in [-0.39, 0.29) is 11.6 Å². The Morgan fingerprint density at radius 1 is 0.700 bits per heavy atom. The molecule has 0 saturated carbocycles. The predicted molar refractivity (Wildman–Crippen MR) is 142 cm³/mol. The number of nitrogens with two attached hydrogens (primary N) is 2. The molecule has 2 aliphatic heterocycles. The molecule has 4 aromatic rings. The molecule has 2 saturated heterocycles. The van der Waals surface area contributed by atoms with Crippen LogP contribution in [0.4, 0.5) is 11.6 Å². The van der Waals surface area contributed by atoms with Crippen LogP contribution < -0.4 is 11.5 Å². The van der Waals surface area contributed by atoms with Gasteiger partial charge in [0.1, 0.15) is 59.3 Å². The largest absolute Gasteiger partial charge is 0.394 e. The second-order valence-electron chi connectivity index (χ2n) is 9.36. The predicted octanol–water partition coefficient (Wildman–Crippen LogP) is -1.64. The van der Waals surface area contributed by atoms with Gasteiger partial charge >= 0.3 is 0 Å². The molecular weight excluding hydrogens is 568 g/mol. The SMILES string of the molecule is Nc1cc(SSc2cc(N)nc3c2ncn3[C@@H]2O[C@H](CO)[C@@H](O)[C@H]2O)c2ncn([C@@H]3O[C@H](CO)[C@@H](O)[C@H]3O)c2n1. The van der Waals surface area contributed by atoms with E-state index in [1.807, 2.05) is 0 Å². The normalized spacial score (nSPS) is 30.6. The first-order valence-corrected chi connectivity index (χ1v) is 14.2. The Kier molecular flexibility index (Phi) is 7.23. The molecule has 0 radical (unpaired) electrons. The monoisotopic (exact) mass is 594 g/mol. The highest BCUT2D eigenvalue weighted by molar-refractivity contribution is 8.76. The van der Waals surface area contributed by atoms with E-state index < -0.39 is 62.3 Å². The maximum Gasteiger partial charge on any atom is 0.165 e. The number of nitrogen functional groups attached to an aromatic ring is 2. The lowest BCUT2D eigenvalue weighted by Gasteiger charge is -2.17. The molecule has 0 spiro atoms. The number of rotatable bonds is 7. The summed E-state index contributed by atoms with van der Waals surface area (Å²) in [6.45, 7) is -0.940. The number of ether oxygens (including phenoxy) is 2. The molecule has 40 heavy (non-hydrogen) atoms. The fraction of sp³-hybridized carbons (Fsp3) is 0.455. The Labute approximate surface area is 233 Å². The minimum Gasteiger partial charge on any atom is -0.394 e. The lowest BCUT2D eigenvalue weighted by Crippen LogP contribution is -2.33. The van der Waals surface area contributed by atoms with Gasteiger partial charge in [-0.15, -0.1) is 0 Å². The molecule has 0 aromatic carbocycles. The van der Waals surface area contributed by atoms with E-state index >= 15 is 0 Å². The summed E-state index contributed by atoms with van der Waals surface area (Å²) < 4.78 is 14.2. The third-order valence-corrected chi connectivity index (χ3v) is 9.23. The van der Waals surface area contributed by atoms with E-state index in [0.29, 0.717) is 32.1 Å². The molecule has 0 aliphatic carbocycles. The molecule has 0 unspecified atom stereocenters. The Hall–Kier alpha value is -2.78. The van der Waals surface area contributed by atoms with Gasteiger partial charge in [0.05, 0.1) is 35.7 Å². The fourth-order valence-electron chi connectivity index (χ4n) is 4.80. The van der Waals surface area contributed by atoms with E-state index in [9.17, 15) is 30.6 Å². The van der Waals surface area contributed by atoms with Crippen LogP contribution in [0.1, 0.15) is 12.5 Å². The number of hydrogen-bond donors (Lipinski definition) is 8. The van der Waals surface area contributed by atoms with E-state index in [2.05, 4.69) is 19.9 Å². The van der Waals surface area contributed by atoms with Crippen LogP contribution >= 0.6 is 21.6 Å². The van der Waals surface area contributed by atoms with E-state index in [0.717, 1.165) is 0 Å². The van der Waals surface area contributed by atoms with Gasteiger partial charge in [-0.2, -0.15) is 0 Å². The second-order valence-corrected chi connectivity index (χ2v) is 11.6. The summed E-state index contributed by atoms with van der Waals surface area (Å²) in [6.07, 6.45) is -6.36. The van der Waals surface area contributed by atoms with E-state index in [1.165, 1.54) is 43.4 Å². The van der Waals surface area contributed by atoms with Gasteiger partial charge in [0.2, 0.25) is 0 Å². The molecular formula is C22H26N8O8S2. The van der Waals surface area contributed by atoms with E-state index in [4.69, 9.17) is 20.9 Å². The smallest absolute Gasteiger partial charge is 0.165 e. The Bertz CT molecular complexity index is 1440. The van der Waals surface area contributed by atoms with Crippen molar-refractivity contribution in [3.8, 4) is 0 Å². The minimum absolute atomic E-state index is 0.178. The van der Waals surface area contributed by atoms with Crippen molar-refractivity contribution in [1.29, 1.82) is 0 Å². The van der Waals surface area contributed by atoms with Crippen LogP contribution in [0.2, 0.25) is 0 Å². The quantitative estimate of drug-likeness (QED) is 0.112. The van der Waals surface area contributed by atoms with Crippen molar-refractivity contribution in [2.45, 2.75) is 58.9 Å². The van der Waals surface area contributed by atoms with Crippen LogP contribution in [0, 0.1) is 0 Å². The number of anilines is 2. The summed E-state index contributed by atoms with van der Waals surface area (Å²) in [6, 6.07) is 3.27. The number of imidazole rings is 2. The summed E-state index contributed by atoms with van der Waals surface area (Å²) in [7, 11) is 2.58. The van der Waals surface area contributed by atoms with Crippen molar-refractivity contribution in [3.05, 3.63) is 24.8 Å². The van der Waals surface area contributed by atoms with Crippen molar-refractivity contribution < 1.29 is 40.1 Å². The minimum atomic E-state index is -1.32. The third-order valence-electron chi connectivity index (χ3n) is 6.83. The lowest BCUT2D eigenvalue weighted by molar-refractivity contribution is -0.0511. The van der Waals surface area contributed by atoms with Gasteiger partial charge in [-0.05, 0) is 33.7 Å². The molecule has 6 rings (SSSR count). The van der Waals surface area contributed by atoms with E-state index in [1.54, 1.807) is 12.1 Å². The van der Waals surface area contributed by atoms with Crippen LogP contribution in [0.5, 0.6) is 0 Å². The summed E-state index contributed by atoms with van der Waals surface area (Å²) in [5, 5.41) is 60.1. The van der Waals surface area contributed by atoms with Crippen molar-refractivity contribution in [1.82, 2.24) is 29.1 Å². The fourth-order valence-corrected chi connectivity index (χ4v) is 7.07. The van der Waals surface area contributed by atoms with Gasteiger partial charge < -0.3 is 51.6 Å². The zero-order chi connectivity index (χ0) is 28.3. The summed E-state index contributed by atoms with van der Waals surface area (Å²) in [4.78, 5) is 18.8. The van der Waals surface area contributed by atoms with Crippen molar-refractivity contribution in [2.75, 3.05) is 24.7 Å². The van der Waals surface area contributed by atoms with Gasteiger partial charge in [0.15, 0.2) is 23.8 Å². The van der Waals surface area contributed by atoms with Crippen LogP contribution in [0.15, 0.2) is 34.6 Å². The first-order valence-electron chi connectivity index (χ1n) is 12.1. The Morgan fingerprint density at radius 2 is 1.10 bits per heavy atom. The summed E-state index contributed by atoms with van der Waals surface area (Å²) >= 11 is 0. The van der Waals surface area contributed by atoms with Crippen LogP contribution in [0.3, 0.4) is 0 Å². The molecule has 6 heterocycles. The first kappa shape index (κ1) is 27.4. The molecule has 0 amide bonds. The van der Waals surface area contributed by atoms with Gasteiger partial charge in [-0.25, -0.2) is 19.9 Å². The lowest BCUT2D eigenvalue weighted by atomic mass is 10.1. The number of aliphatic hydroxyl groups excluding tert-OH is 6. The van der Waals surface area contributed by atoms with Gasteiger partial charge in [-0.1, -0.05) is 0 Å². The average Bonchev–Trinajstić information content (AvgIpc) is 3.68. The summed E-state index contributed by atoms with van der Waals surface area (Å²) in [5.74, 6) is 0.356. The zero-order valence-electron chi connectivity index (χ0n) is 20.5. The number of nitrogens with zero attached hydrogens (tertiary/aromatic N) is 6. The Morgan fingerprint density at radius 3 is 1.45 bits per heavy atom. The van der Waals surface area contributed by atoms with Gasteiger partial charge in [0.25, 0.3) is 0 Å². The first-order chi connectivity index (χ1) is 19.2. The molecule has 2 aliphatic rings. The van der Waals surface area contributed by atoms with Crippen LogP contribution in [-0.2, 0) is 9.47 Å². The molecule has 2 fully saturated rings. The molecule has 10 N–H and O–H groups in total. The zero-order valence-corrected chi connectivity index (χ0v) is 22.1. The number of aliphatic hydroxyl groups is 6. The molecule has 8 atom stereocenters. The highest BCUT2D eigenvalue weighted by Crippen LogP contribution is 2.44. The molecule has 0 bridgehead atoms. The number of hydrogen-bond acceptors (Lipinski definition) is 16. The topological polar surface area (TPSA) is 253 Å². The molecule has 16 nitrogen and oxygen atoms in total. The van der Waals surface area contributed by atoms with Crippen molar-refractivity contribution >= 4 is 55.6 Å². The highest BCUT2D eigenvalue weighted by Gasteiger charge is 2.45. The van der Waals surface area contributed by atoms with Crippen LogP contribution in [-0.4, -0.2) is 110 Å². The van der Waals surface area contributed by atoms with Crippen molar-refractivity contribution in [2.24, 2.45) is 0 Å².